The van der Waals surface area contributed by atoms with Crippen LogP contribution in [0.1, 0.15) is 23.6 Å². The van der Waals surface area contributed by atoms with Gasteiger partial charge in [-0.1, -0.05) is 133 Å². The summed E-state index contributed by atoms with van der Waals surface area (Å²) in [4.78, 5) is 5.56. The number of hydrogen-bond donors (Lipinski definition) is 2. The van der Waals surface area contributed by atoms with Crippen molar-refractivity contribution in [1.82, 2.24) is 14.5 Å². The number of benzene rings is 8. The van der Waals surface area contributed by atoms with Gasteiger partial charge in [-0.15, -0.1) is 0 Å². The number of amidine groups is 1. The quantitative estimate of drug-likeness (QED) is 0.193. The van der Waals surface area contributed by atoms with Crippen LogP contribution in [-0.2, 0) is 0 Å². The molecule has 0 bridgehead atoms. The maximum Gasteiger partial charge on any atom is 0.268 e. The van der Waals surface area contributed by atoms with Crippen LogP contribution < -0.4 is 10.6 Å². The molecule has 3 heterocycles. The summed E-state index contributed by atoms with van der Waals surface area (Å²) in [7, 11) is 0. The van der Waals surface area contributed by atoms with Crippen LogP contribution in [0.25, 0.3) is 70.8 Å². The van der Waals surface area contributed by atoms with E-state index in [1.165, 1.54) is 65.2 Å². The zero-order valence-electron chi connectivity index (χ0n) is 28.3. The van der Waals surface area contributed by atoms with E-state index in [9.17, 15) is 0 Å². The lowest BCUT2D eigenvalue weighted by atomic mass is 10.0. The number of nitrogens with zero attached hydrogens (tertiary/aromatic N) is 3. The average Bonchev–Trinajstić information content (AvgIpc) is 3.72. The van der Waals surface area contributed by atoms with Gasteiger partial charge < -0.3 is 9.88 Å². The van der Waals surface area contributed by atoms with E-state index in [-0.39, 0.29) is 12.5 Å². The summed E-state index contributed by atoms with van der Waals surface area (Å²) in [6, 6.07) is 63.6. The van der Waals surface area contributed by atoms with Gasteiger partial charge in [0, 0.05) is 38.4 Å². The fourth-order valence-corrected chi connectivity index (χ4v) is 8.51. The van der Waals surface area contributed by atoms with Crippen molar-refractivity contribution < 1.29 is 5.32 Å². The van der Waals surface area contributed by atoms with Crippen molar-refractivity contribution in [2.45, 2.75) is 12.5 Å². The first kappa shape index (κ1) is 29.1. The molecule has 5 heteroatoms. The Morgan fingerprint density at radius 1 is 0.462 bits per heavy atom. The third-order valence-corrected chi connectivity index (χ3v) is 10.9. The molecule has 0 aliphatic carbocycles. The van der Waals surface area contributed by atoms with Crippen molar-refractivity contribution in [2.75, 3.05) is 0 Å². The number of aromatic nitrogens is 2. The van der Waals surface area contributed by atoms with Crippen LogP contribution in [0, 0.1) is 0 Å². The summed E-state index contributed by atoms with van der Waals surface area (Å²) in [6.45, 7) is 0. The van der Waals surface area contributed by atoms with Gasteiger partial charge in [0.05, 0.1) is 22.1 Å². The minimum Gasteiger partial charge on any atom is -0.317 e. The van der Waals surface area contributed by atoms with Crippen molar-refractivity contribution in [3.05, 3.63) is 187 Å². The van der Waals surface area contributed by atoms with Crippen LogP contribution in [0.3, 0.4) is 0 Å². The van der Waals surface area contributed by atoms with E-state index in [1.807, 2.05) is 0 Å². The lowest BCUT2D eigenvalue weighted by Gasteiger charge is -2.30. The van der Waals surface area contributed by atoms with Crippen LogP contribution in [-0.4, -0.2) is 15.0 Å². The number of para-hydroxylation sites is 2. The van der Waals surface area contributed by atoms with E-state index in [0.29, 0.717) is 0 Å². The maximum absolute atomic E-state index is 5.56. The van der Waals surface area contributed by atoms with E-state index < -0.39 is 0 Å². The summed E-state index contributed by atoms with van der Waals surface area (Å²) in [5.74, 6) is 0.899. The summed E-state index contributed by atoms with van der Waals surface area (Å²) < 4.78 is 4.86. The van der Waals surface area contributed by atoms with Crippen molar-refractivity contribution >= 4 is 71.0 Å². The molecule has 2 aromatic heterocycles. The number of aliphatic imine (C=N–C) groups is 1. The van der Waals surface area contributed by atoms with Crippen molar-refractivity contribution in [3.8, 4) is 5.69 Å². The highest BCUT2D eigenvalue weighted by atomic mass is 15.4. The largest absolute Gasteiger partial charge is 0.317 e. The molecule has 0 fully saturated rings. The smallest absolute Gasteiger partial charge is 0.268 e. The maximum atomic E-state index is 5.56. The van der Waals surface area contributed by atoms with Gasteiger partial charge in [0.25, 0.3) is 6.29 Å². The van der Waals surface area contributed by atoms with Gasteiger partial charge in [0.1, 0.15) is 5.84 Å². The molecule has 2 atom stereocenters. The molecule has 8 aromatic carbocycles. The zero-order chi connectivity index (χ0) is 34.2. The Bertz CT molecular complexity index is 2980. The molecule has 1 aliphatic heterocycles. The summed E-state index contributed by atoms with van der Waals surface area (Å²) in [5.41, 5.74) is 8.21. The van der Waals surface area contributed by atoms with E-state index in [0.717, 1.165) is 22.6 Å². The molecular weight excluding hydrogens is 635 g/mol. The molecule has 10 aromatic rings. The van der Waals surface area contributed by atoms with Crippen LogP contribution >= 0.6 is 0 Å². The Balaban J connectivity index is 1.18. The van der Waals surface area contributed by atoms with Crippen LogP contribution in [0.2, 0.25) is 0 Å². The van der Waals surface area contributed by atoms with Gasteiger partial charge in [-0.3, -0.25) is 9.88 Å². The number of fused-ring (bicyclic) bond motifs is 8. The van der Waals surface area contributed by atoms with Gasteiger partial charge in [-0.05, 0) is 64.0 Å². The SMILES string of the molecule is c1ccc(C2NC(c3cccc4ccccc34)=NC(n3c4ccc(-n5c6ccccc6c6ccccc65)cc4c4cc5ccccc5cc43)[NH2+]2)cc1. The first-order valence-corrected chi connectivity index (χ1v) is 18.0. The third-order valence-electron chi connectivity index (χ3n) is 10.9. The van der Waals surface area contributed by atoms with Gasteiger partial charge in [-0.25, -0.2) is 0 Å². The first-order chi connectivity index (χ1) is 25.8. The Hall–Kier alpha value is -6.69. The third kappa shape index (κ3) is 4.43. The van der Waals surface area contributed by atoms with E-state index in [4.69, 9.17) is 4.99 Å². The number of nitrogens with one attached hydrogen (secondary N) is 1. The summed E-state index contributed by atoms with van der Waals surface area (Å²) >= 11 is 0. The molecule has 1 aliphatic rings. The van der Waals surface area contributed by atoms with E-state index in [2.05, 4.69) is 196 Å². The van der Waals surface area contributed by atoms with Crippen molar-refractivity contribution in [3.63, 3.8) is 0 Å². The second kappa shape index (κ2) is 11.4. The average molecular weight is 669 g/mol. The molecule has 246 valence electrons. The lowest BCUT2D eigenvalue weighted by Crippen LogP contribution is -2.91. The van der Waals surface area contributed by atoms with Crippen molar-refractivity contribution in [1.29, 1.82) is 0 Å². The highest BCUT2D eigenvalue weighted by molar-refractivity contribution is 6.15. The highest BCUT2D eigenvalue weighted by Crippen LogP contribution is 2.38. The Morgan fingerprint density at radius 2 is 1.08 bits per heavy atom. The van der Waals surface area contributed by atoms with Crippen LogP contribution in [0.4, 0.5) is 0 Å². The lowest BCUT2D eigenvalue weighted by molar-refractivity contribution is -0.751. The molecule has 0 radical (unpaired) electrons. The Morgan fingerprint density at radius 3 is 1.85 bits per heavy atom. The van der Waals surface area contributed by atoms with Gasteiger partial charge in [-0.2, -0.15) is 4.99 Å². The topological polar surface area (TPSA) is 50.9 Å². The zero-order valence-corrected chi connectivity index (χ0v) is 28.3. The Labute approximate surface area is 300 Å². The molecule has 2 unspecified atom stereocenters. The molecule has 0 amide bonds. The molecule has 0 saturated carbocycles. The van der Waals surface area contributed by atoms with E-state index in [1.54, 1.807) is 0 Å². The minimum atomic E-state index is -0.263. The Kier molecular flexibility index (Phi) is 6.39. The van der Waals surface area contributed by atoms with E-state index >= 15 is 0 Å². The molecule has 52 heavy (non-hydrogen) atoms. The first-order valence-electron chi connectivity index (χ1n) is 18.0. The number of quaternary nitrogens is 1. The molecule has 3 N–H and O–H groups in total. The fraction of sp³-hybridized carbons (Fsp3) is 0.0426. The monoisotopic (exact) mass is 668 g/mol. The molecule has 0 saturated heterocycles. The molecule has 0 spiro atoms. The molecular formula is C47H34N5+. The van der Waals surface area contributed by atoms with Crippen LogP contribution in [0.5, 0.6) is 0 Å². The normalized spacial score (nSPS) is 16.3. The van der Waals surface area contributed by atoms with Gasteiger partial charge >= 0.3 is 0 Å². The summed E-state index contributed by atoms with van der Waals surface area (Å²) in [5, 5.41) is 16.0. The fourth-order valence-electron chi connectivity index (χ4n) is 8.51. The molecule has 5 nitrogen and oxygen atoms in total. The van der Waals surface area contributed by atoms with Crippen molar-refractivity contribution in [2.24, 2.45) is 4.99 Å². The van der Waals surface area contributed by atoms with Gasteiger partial charge in [0.15, 0.2) is 6.17 Å². The van der Waals surface area contributed by atoms with Crippen LogP contribution in [0.15, 0.2) is 181 Å². The number of nitrogens with two attached hydrogens (primary N) is 1. The number of hydrogen-bond acceptors (Lipinski definition) is 2. The predicted octanol–water partition coefficient (Wildman–Crippen LogP) is 9.97. The number of rotatable bonds is 4. The second-order valence-corrected chi connectivity index (χ2v) is 13.8. The molecule has 11 rings (SSSR count). The highest BCUT2D eigenvalue weighted by Gasteiger charge is 2.32. The minimum absolute atomic E-state index is 0.0394. The standard InChI is InChI=1S/C47H33N5/c1-2-14-31(15-3-1)45-48-46(38-22-12-18-30-13-6-7-19-35(30)38)50-47(49-45)52-43-26-25-34(29-40(43)39-27-32-16-4-5-17-33(32)28-44(39)52)51-41-23-10-8-20-36(41)37-21-9-11-24-42(37)51/h1-29,45,47,49H,(H,48,50)/p+1. The predicted molar refractivity (Wildman–Crippen MR) is 215 cm³/mol. The van der Waals surface area contributed by atoms with Gasteiger partial charge in [0.2, 0.25) is 0 Å². The second-order valence-electron chi connectivity index (χ2n) is 13.8. The summed E-state index contributed by atoms with van der Waals surface area (Å²) in [6.07, 6.45) is -0.303.